The van der Waals surface area contributed by atoms with E-state index >= 15 is 0 Å². The van der Waals surface area contributed by atoms with Gasteiger partial charge in [0.05, 0.1) is 0 Å². The molecular weight excluding hydrogens is 184 g/mol. The predicted molar refractivity (Wildman–Crippen MR) is 50.8 cm³/mol. The Kier molecular flexibility index (Phi) is 4.87. The lowest BCUT2D eigenvalue weighted by atomic mass is 11.8. The summed E-state index contributed by atoms with van der Waals surface area (Å²) in [6.07, 6.45) is 0. The second-order valence-corrected chi connectivity index (χ2v) is 5.09. The van der Waals surface area contributed by atoms with E-state index in [1.54, 1.807) is 0 Å². The van der Waals surface area contributed by atoms with Crippen LogP contribution in [-0.2, 0) is 0 Å². The summed E-state index contributed by atoms with van der Waals surface area (Å²) in [6, 6.07) is 0. The highest BCUT2D eigenvalue weighted by Crippen LogP contribution is 2.12. The maximum atomic E-state index is 4.56. The molecule has 0 bridgehead atoms. The number of hydrogen-bond donors (Lipinski definition) is 2. The van der Waals surface area contributed by atoms with Gasteiger partial charge < -0.3 is 0 Å². The fourth-order valence-corrected chi connectivity index (χ4v) is 2.02. The van der Waals surface area contributed by atoms with Gasteiger partial charge in [-0.05, 0) is 0 Å². The second kappa shape index (κ2) is 4.14. The predicted octanol–water partition coefficient (Wildman–Crippen LogP) is 2.15. The normalized spacial score (nSPS) is 8.29. The summed E-state index contributed by atoms with van der Waals surface area (Å²) in [5.41, 5.74) is 0. The van der Waals surface area contributed by atoms with Crippen LogP contribution in [0.3, 0.4) is 0 Å². The van der Waals surface area contributed by atoms with E-state index in [-0.39, 0.29) is 0 Å². The lowest BCUT2D eigenvalue weighted by Gasteiger charge is -1.86. The smallest absolute Gasteiger partial charge is 0.107 e. The molecule has 0 aromatic rings. The highest BCUT2D eigenvalue weighted by Gasteiger charge is 1.89. The van der Waals surface area contributed by atoms with Crippen LogP contribution in [0, 0.1) is 0 Å². The van der Waals surface area contributed by atoms with Gasteiger partial charge in [-0.1, -0.05) is 36.2 Å². The molecule has 0 heterocycles. The summed E-state index contributed by atoms with van der Waals surface area (Å²) in [4.78, 5) is 0. The summed E-state index contributed by atoms with van der Waals surface area (Å²) in [5, 5.41) is 0. The minimum atomic E-state index is 0.514. The number of thioether (sulfide) groups is 1. The second-order valence-electron chi connectivity index (χ2n) is 0.634. The van der Waals surface area contributed by atoms with Crippen molar-refractivity contribution in [2.45, 2.75) is 0 Å². The highest BCUT2D eigenvalue weighted by molar-refractivity contribution is 8.58. The lowest BCUT2D eigenvalue weighted by molar-refractivity contribution is 4.03. The molecule has 0 fully saturated rings. The van der Waals surface area contributed by atoms with E-state index < -0.39 is 0 Å². The first-order valence-electron chi connectivity index (χ1n) is 1.26. The molecule has 0 saturated heterocycles. The van der Waals surface area contributed by atoms with E-state index in [2.05, 4.69) is 49.7 Å². The molecule has 5 heteroatoms. The molecule has 7 heavy (non-hydrogen) atoms. The number of rotatable bonds is 0. The minimum absolute atomic E-state index is 0.514. The fourth-order valence-electron chi connectivity index (χ4n) is 0.0747. The summed E-state index contributed by atoms with van der Waals surface area (Å²) in [7, 11) is 0. The molecule has 0 amide bonds. The Bertz CT molecular complexity index is 82.3. The van der Waals surface area contributed by atoms with E-state index in [0.29, 0.717) is 7.06 Å². The fraction of sp³-hybridized carbons (Fsp3) is 0. The Morgan fingerprint density at radius 3 is 1.43 bits per heavy atom. The van der Waals surface area contributed by atoms with Crippen LogP contribution in [0.1, 0.15) is 0 Å². The molecule has 0 saturated carbocycles. The van der Waals surface area contributed by atoms with Crippen LogP contribution in [0.15, 0.2) is 0 Å². The molecule has 0 atom stereocenters. The first kappa shape index (κ1) is 8.23. The Morgan fingerprint density at radius 1 is 1.14 bits per heavy atom. The van der Waals surface area contributed by atoms with Crippen molar-refractivity contribution in [2.24, 2.45) is 0 Å². The van der Waals surface area contributed by atoms with Gasteiger partial charge in [-0.3, -0.25) is 0 Å². The molecule has 0 rings (SSSR count). The number of hydrogen-bond acceptors (Lipinski definition) is 3. The zero-order valence-corrected chi connectivity index (χ0v) is 7.36. The largest absolute Gasteiger partial charge is 0.125 e. The Labute approximate surface area is 68.3 Å². The molecule has 40 valence electrons. The van der Waals surface area contributed by atoms with E-state index in [1.165, 1.54) is 11.8 Å². The topological polar surface area (TPSA) is 0 Å². The summed E-state index contributed by atoms with van der Waals surface area (Å²) < 4.78 is 1.03. The third-order valence-electron chi connectivity index (χ3n) is 0.175. The van der Waals surface area contributed by atoms with E-state index in [0.717, 1.165) is 0 Å². The van der Waals surface area contributed by atoms with Gasteiger partial charge in [-0.15, -0.1) is 25.3 Å². The van der Waals surface area contributed by atoms with Gasteiger partial charge in [-0.25, -0.2) is 0 Å². The molecule has 0 radical (unpaired) electrons. The van der Waals surface area contributed by atoms with Crippen LogP contribution < -0.4 is 0 Å². The summed E-state index contributed by atoms with van der Waals surface area (Å²) in [5.74, 6) is 0. The third-order valence-corrected chi connectivity index (χ3v) is 1.57. The van der Waals surface area contributed by atoms with Crippen LogP contribution >= 0.6 is 61.5 Å². The van der Waals surface area contributed by atoms with Crippen LogP contribution in [0.2, 0.25) is 0 Å². The van der Waals surface area contributed by atoms with Crippen molar-refractivity contribution in [2.75, 3.05) is 0 Å². The zero-order valence-electron chi connectivity index (χ0n) is 3.12. The highest BCUT2D eigenvalue weighted by atomic mass is 32.2. The maximum Gasteiger partial charge on any atom is 0.107 e. The Balaban J connectivity index is 3.32. The van der Waals surface area contributed by atoms with E-state index in [4.69, 9.17) is 0 Å². The molecule has 0 N–H and O–H groups in total. The van der Waals surface area contributed by atoms with Crippen LogP contribution in [0.4, 0.5) is 0 Å². The molecule has 0 aromatic carbocycles. The first-order chi connectivity index (χ1) is 3.13. The molecule has 0 aliphatic heterocycles. The van der Waals surface area contributed by atoms with E-state index in [9.17, 15) is 0 Å². The van der Waals surface area contributed by atoms with Crippen molar-refractivity contribution in [3.05, 3.63) is 0 Å². The van der Waals surface area contributed by atoms with Gasteiger partial charge in [0.2, 0.25) is 0 Å². The van der Waals surface area contributed by atoms with Gasteiger partial charge in [0.15, 0.2) is 0 Å². The first-order valence-corrected chi connectivity index (χ1v) is 3.79. The molecule has 0 aromatic heterocycles. The van der Waals surface area contributed by atoms with Crippen molar-refractivity contribution in [1.29, 1.82) is 0 Å². The van der Waals surface area contributed by atoms with Crippen molar-refractivity contribution in [3.8, 4) is 0 Å². The number of thiocarbonyl (C=S) groups is 2. The quantitative estimate of drug-likeness (QED) is 0.440. The van der Waals surface area contributed by atoms with Crippen LogP contribution in [0.5, 0.6) is 0 Å². The van der Waals surface area contributed by atoms with Gasteiger partial charge >= 0.3 is 0 Å². The molecular formula is C2H2S5. The molecule has 0 aliphatic carbocycles. The van der Waals surface area contributed by atoms with Crippen LogP contribution in [0.25, 0.3) is 0 Å². The minimum Gasteiger partial charge on any atom is -0.125 e. The maximum absolute atomic E-state index is 4.56. The summed E-state index contributed by atoms with van der Waals surface area (Å²) >= 11 is 17.9. The standard InChI is InChI=1S/C2H2S5/c3-1(4)7-2(5)6/h(H,3,4)(H,5,6). The summed E-state index contributed by atoms with van der Waals surface area (Å²) in [6.45, 7) is 0. The Morgan fingerprint density at radius 2 is 1.43 bits per heavy atom. The molecule has 0 spiro atoms. The van der Waals surface area contributed by atoms with Gasteiger partial charge in [0.25, 0.3) is 0 Å². The van der Waals surface area contributed by atoms with Gasteiger partial charge in [0, 0.05) is 0 Å². The average Bonchev–Trinajstić information content (AvgIpc) is 1.27. The monoisotopic (exact) mass is 186 g/mol. The van der Waals surface area contributed by atoms with Crippen molar-refractivity contribution < 1.29 is 0 Å². The zero-order chi connectivity index (χ0) is 5.86. The van der Waals surface area contributed by atoms with Crippen molar-refractivity contribution in [3.63, 3.8) is 0 Å². The Hall–Kier alpha value is 1.23. The third kappa shape index (κ3) is 7.23. The molecule has 0 unspecified atom stereocenters. The van der Waals surface area contributed by atoms with Crippen molar-refractivity contribution >= 4 is 68.5 Å². The molecule has 0 nitrogen and oxygen atoms in total. The number of thiol groups is 2. The molecule has 0 aliphatic rings. The SMILES string of the molecule is S=C(S)SC(=S)S. The van der Waals surface area contributed by atoms with E-state index in [1.807, 2.05) is 0 Å². The van der Waals surface area contributed by atoms with Crippen LogP contribution in [-0.4, -0.2) is 7.06 Å². The average molecular weight is 186 g/mol. The lowest BCUT2D eigenvalue weighted by Crippen LogP contribution is -1.74. The van der Waals surface area contributed by atoms with Gasteiger partial charge in [-0.2, -0.15) is 0 Å². The van der Waals surface area contributed by atoms with Gasteiger partial charge in [0.1, 0.15) is 7.06 Å². The van der Waals surface area contributed by atoms with Crippen molar-refractivity contribution in [1.82, 2.24) is 0 Å².